The van der Waals surface area contributed by atoms with E-state index in [1.807, 2.05) is 28.0 Å². The molecule has 0 bridgehead atoms. The second kappa shape index (κ2) is 10.7. The van der Waals surface area contributed by atoms with Crippen molar-refractivity contribution < 1.29 is 14.3 Å². The molecule has 4 rings (SSSR count). The standard InChI is InChI=1S/C23H34N6O3/c1-24-23(29-15-13-28(14-16-29)22(31)20-8-5-17-32-20)25-18-21(30)27-11-9-26(10-12-27)19-6-3-2-4-7-19/h2-4,6-7,20H,5,8-18H2,1H3,(H,24,25). The molecule has 3 aliphatic rings. The largest absolute Gasteiger partial charge is 0.368 e. The van der Waals surface area contributed by atoms with E-state index < -0.39 is 0 Å². The van der Waals surface area contributed by atoms with E-state index >= 15 is 0 Å². The summed E-state index contributed by atoms with van der Waals surface area (Å²) < 4.78 is 5.53. The van der Waals surface area contributed by atoms with Crippen LogP contribution in [0.25, 0.3) is 0 Å². The highest BCUT2D eigenvalue weighted by Gasteiger charge is 2.31. The highest BCUT2D eigenvalue weighted by Crippen LogP contribution is 2.17. The number of benzene rings is 1. The SMILES string of the molecule is CN=C(NCC(=O)N1CCN(c2ccccc2)CC1)N1CCN(C(=O)C2CCCO2)CC1. The van der Waals surface area contributed by atoms with E-state index in [1.54, 1.807) is 7.05 Å². The molecule has 1 unspecified atom stereocenters. The second-order valence-electron chi connectivity index (χ2n) is 8.42. The van der Waals surface area contributed by atoms with Crippen LogP contribution in [-0.4, -0.2) is 111 Å². The van der Waals surface area contributed by atoms with E-state index in [0.29, 0.717) is 38.7 Å². The second-order valence-corrected chi connectivity index (χ2v) is 8.42. The Kier molecular flexibility index (Phi) is 7.47. The molecule has 174 valence electrons. The molecular formula is C23H34N6O3. The van der Waals surface area contributed by atoms with Crippen LogP contribution in [0.2, 0.25) is 0 Å². The first-order valence-electron chi connectivity index (χ1n) is 11.6. The van der Waals surface area contributed by atoms with Gasteiger partial charge in [-0.15, -0.1) is 0 Å². The van der Waals surface area contributed by atoms with E-state index in [1.165, 1.54) is 5.69 Å². The number of hydrogen-bond donors (Lipinski definition) is 1. The van der Waals surface area contributed by atoms with Gasteiger partial charge in [-0.1, -0.05) is 18.2 Å². The van der Waals surface area contributed by atoms with Crippen molar-refractivity contribution in [1.29, 1.82) is 0 Å². The number of nitrogens with one attached hydrogen (secondary N) is 1. The molecule has 1 aromatic carbocycles. The van der Waals surface area contributed by atoms with E-state index in [2.05, 4.69) is 32.2 Å². The number of rotatable bonds is 4. The van der Waals surface area contributed by atoms with Crippen molar-refractivity contribution in [3.8, 4) is 0 Å². The Morgan fingerprint density at radius 2 is 1.62 bits per heavy atom. The Balaban J connectivity index is 1.19. The van der Waals surface area contributed by atoms with Gasteiger partial charge in [-0.05, 0) is 25.0 Å². The normalized spacial score (nSPS) is 22.3. The molecule has 0 saturated carbocycles. The Labute approximate surface area is 190 Å². The zero-order valence-corrected chi connectivity index (χ0v) is 18.9. The first-order chi connectivity index (χ1) is 15.7. The van der Waals surface area contributed by atoms with Gasteiger partial charge in [0.25, 0.3) is 5.91 Å². The van der Waals surface area contributed by atoms with Crippen molar-refractivity contribution in [2.24, 2.45) is 4.99 Å². The number of anilines is 1. The van der Waals surface area contributed by atoms with Gasteiger partial charge in [0.1, 0.15) is 6.10 Å². The van der Waals surface area contributed by atoms with Gasteiger partial charge >= 0.3 is 0 Å². The monoisotopic (exact) mass is 442 g/mol. The fourth-order valence-corrected chi connectivity index (χ4v) is 4.57. The first kappa shape index (κ1) is 22.4. The number of guanidine groups is 1. The molecule has 1 N–H and O–H groups in total. The van der Waals surface area contributed by atoms with Gasteiger partial charge in [0.2, 0.25) is 5.91 Å². The fourth-order valence-electron chi connectivity index (χ4n) is 4.57. The molecule has 0 radical (unpaired) electrons. The zero-order chi connectivity index (χ0) is 22.3. The van der Waals surface area contributed by atoms with E-state index in [4.69, 9.17) is 4.74 Å². The number of para-hydroxylation sites is 1. The molecule has 2 amide bonds. The molecule has 1 aromatic rings. The minimum absolute atomic E-state index is 0.0889. The van der Waals surface area contributed by atoms with Crippen LogP contribution in [0.15, 0.2) is 35.3 Å². The highest BCUT2D eigenvalue weighted by molar-refractivity contribution is 5.87. The maximum atomic E-state index is 12.7. The molecular weight excluding hydrogens is 408 g/mol. The molecule has 9 nitrogen and oxygen atoms in total. The molecule has 3 heterocycles. The third-order valence-corrected chi connectivity index (χ3v) is 6.46. The molecule has 3 saturated heterocycles. The van der Waals surface area contributed by atoms with Gasteiger partial charge in [-0.2, -0.15) is 0 Å². The summed E-state index contributed by atoms with van der Waals surface area (Å²) >= 11 is 0. The minimum Gasteiger partial charge on any atom is -0.368 e. The summed E-state index contributed by atoms with van der Waals surface area (Å²) in [5.41, 5.74) is 1.20. The average molecular weight is 443 g/mol. The lowest BCUT2D eigenvalue weighted by atomic mass is 10.2. The van der Waals surface area contributed by atoms with Crippen LogP contribution in [0.5, 0.6) is 0 Å². The average Bonchev–Trinajstić information content (AvgIpc) is 3.40. The lowest BCUT2D eigenvalue weighted by molar-refractivity contribution is -0.142. The highest BCUT2D eigenvalue weighted by atomic mass is 16.5. The quantitative estimate of drug-likeness (QED) is 0.531. The van der Waals surface area contributed by atoms with Crippen molar-refractivity contribution >= 4 is 23.5 Å². The Bertz CT molecular complexity index is 795. The van der Waals surface area contributed by atoms with Crippen molar-refractivity contribution in [3.63, 3.8) is 0 Å². The lowest BCUT2D eigenvalue weighted by Crippen LogP contribution is -2.56. The van der Waals surface area contributed by atoms with Crippen LogP contribution < -0.4 is 10.2 Å². The topological polar surface area (TPSA) is 80.7 Å². The number of hydrogen-bond acceptors (Lipinski definition) is 5. The summed E-state index contributed by atoms with van der Waals surface area (Å²) in [4.78, 5) is 37.8. The number of nitrogens with zero attached hydrogens (tertiary/aromatic N) is 5. The number of piperazine rings is 2. The minimum atomic E-state index is -0.265. The molecule has 1 atom stereocenters. The molecule has 0 aromatic heterocycles. The van der Waals surface area contributed by atoms with E-state index in [9.17, 15) is 9.59 Å². The van der Waals surface area contributed by atoms with Crippen LogP contribution in [0.3, 0.4) is 0 Å². The summed E-state index contributed by atoms with van der Waals surface area (Å²) in [5.74, 6) is 0.909. The summed E-state index contributed by atoms with van der Waals surface area (Å²) in [6.07, 6.45) is 1.52. The van der Waals surface area contributed by atoms with Crippen molar-refractivity contribution in [2.45, 2.75) is 18.9 Å². The number of aliphatic imine (C=N–C) groups is 1. The summed E-state index contributed by atoms with van der Waals surface area (Å²) in [6.45, 7) is 6.72. The van der Waals surface area contributed by atoms with Crippen molar-refractivity contribution in [2.75, 3.05) is 77.5 Å². The van der Waals surface area contributed by atoms with Crippen LogP contribution in [0.1, 0.15) is 12.8 Å². The van der Waals surface area contributed by atoms with E-state index in [0.717, 1.165) is 39.0 Å². The number of carbonyl (C=O) groups excluding carboxylic acids is 2. The maximum Gasteiger partial charge on any atom is 0.251 e. The van der Waals surface area contributed by atoms with Crippen LogP contribution in [0.4, 0.5) is 5.69 Å². The van der Waals surface area contributed by atoms with Gasteiger partial charge in [-0.3, -0.25) is 14.6 Å². The molecule has 3 aliphatic heterocycles. The van der Waals surface area contributed by atoms with Gasteiger partial charge < -0.3 is 29.7 Å². The smallest absolute Gasteiger partial charge is 0.251 e. The molecule has 0 spiro atoms. The van der Waals surface area contributed by atoms with Crippen molar-refractivity contribution in [3.05, 3.63) is 30.3 Å². The van der Waals surface area contributed by atoms with Gasteiger partial charge in [0, 0.05) is 71.7 Å². The Hall–Kier alpha value is -2.81. The summed E-state index contributed by atoms with van der Waals surface area (Å²) in [5, 5.41) is 3.22. The van der Waals surface area contributed by atoms with Gasteiger partial charge in [0.15, 0.2) is 5.96 Å². The zero-order valence-electron chi connectivity index (χ0n) is 18.9. The third kappa shape index (κ3) is 5.32. The van der Waals surface area contributed by atoms with Crippen LogP contribution in [-0.2, 0) is 14.3 Å². The lowest BCUT2D eigenvalue weighted by Gasteiger charge is -2.38. The van der Waals surface area contributed by atoms with Gasteiger partial charge in [0.05, 0.1) is 6.54 Å². The number of ether oxygens (including phenoxy) is 1. The number of amides is 2. The summed E-state index contributed by atoms with van der Waals surface area (Å²) in [7, 11) is 1.73. The third-order valence-electron chi connectivity index (χ3n) is 6.46. The Morgan fingerprint density at radius 1 is 0.969 bits per heavy atom. The molecule has 3 fully saturated rings. The predicted octanol–water partition coefficient (Wildman–Crippen LogP) is 0.234. The van der Waals surface area contributed by atoms with Crippen LogP contribution in [0, 0.1) is 0 Å². The molecule has 32 heavy (non-hydrogen) atoms. The summed E-state index contributed by atoms with van der Waals surface area (Å²) in [6, 6.07) is 10.3. The van der Waals surface area contributed by atoms with Gasteiger partial charge in [-0.25, -0.2) is 0 Å². The molecule has 0 aliphatic carbocycles. The van der Waals surface area contributed by atoms with E-state index in [-0.39, 0.29) is 24.5 Å². The predicted molar refractivity (Wildman–Crippen MR) is 124 cm³/mol. The van der Waals surface area contributed by atoms with Crippen LogP contribution >= 0.6 is 0 Å². The molecule has 9 heteroatoms. The van der Waals surface area contributed by atoms with Crippen molar-refractivity contribution in [1.82, 2.24) is 20.0 Å². The maximum absolute atomic E-state index is 12.7. The fraction of sp³-hybridized carbons (Fsp3) is 0.609. The first-order valence-corrected chi connectivity index (χ1v) is 11.6. The Morgan fingerprint density at radius 3 is 2.25 bits per heavy atom. The number of carbonyl (C=O) groups is 2.